The Morgan fingerprint density at radius 1 is 1.44 bits per heavy atom. The van der Waals surface area contributed by atoms with E-state index in [1.54, 1.807) is 11.9 Å². The molecule has 0 N–H and O–H groups in total. The first-order valence-corrected chi connectivity index (χ1v) is 8.39. The fraction of sp³-hybridized carbons (Fsp3) is 0.500. The zero-order valence-corrected chi connectivity index (χ0v) is 15.6. The number of ether oxygens (including phenoxy) is 1. The molecule has 1 fully saturated rings. The molecule has 1 aliphatic heterocycles. The number of likely N-dealkylation sites (tertiary alicyclic amines) is 1. The highest BCUT2D eigenvalue weighted by Crippen LogP contribution is 2.26. The van der Waals surface area contributed by atoms with E-state index in [4.69, 9.17) is 4.74 Å². The summed E-state index contributed by atoms with van der Waals surface area (Å²) in [5.74, 6) is 1.12. The van der Waals surface area contributed by atoms with Crippen LogP contribution in [0.4, 0.5) is 0 Å². The number of ketones is 1. The Kier molecular flexibility index (Phi) is 6.06. The largest absolute Gasteiger partial charge is 0.490 e. The Morgan fingerprint density at radius 2 is 2.20 bits per heavy atom. The second-order valence-electron chi connectivity index (χ2n) is 6.35. The normalized spacial score (nSPS) is 17.5. The van der Waals surface area contributed by atoms with Crippen LogP contribution in [0.3, 0.4) is 0 Å². The highest BCUT2D eigenvalue weighted by Gasteiger charge is 2.27. The molecule has 0 saturated carbocycles. The molecule has 1 saturated heterocycles. The van der Waals surface area contributed by atoms with E-state index in [2.05, 4.69) is 4.98 Å². The van der Waals surface area contributed by atoms with Gasteiger partial charge in [0.15, 0.2) is 17.2 Å². The standard InChI is InChI=1S/C18H23N3O3.ClH/c1-4-24-15-6-5-9-21-17(12(2)19-18(15)21)14(22)10-13-7-8-16(23)20(3)11-13;/h5-6,9,13H,4,7-8,10-11H2,1-3H3;1H. The minimum absolute atomic E-state index is 0. The number of rotatable bonds is 5. The molecule has 0 spiro atoms. The molecule has 0 aromatic carbocycles. The van der Waals surface area contributed by atoms with Gasteiger partial charge < -0.3 is 9.64 Å². The first kappa shape index (κ1) is 19.2. The van der Waals surface area contributed by atoms with E-state index in [-0.39, 0.29) is 30.0 Å². The zero-order valence-electron chi connectivity index (χ0n) is 14.8. The first-order chi connectivity index (χ1) is 11.5. The third-order valence-corrected chi connectivity index (χ3v) is 4.55. The van der Waals surface area contributed by atoms with Crippen LogP contribution in [-0.4, -0.2) is 46.2 Å². The maximum Gasteiger partial charge on any atom is 0.222 e. The number of carbonyl (C=O) groups is 2. The van der Waals surface area contributed by atoms with Crippen molar-refractivity contribution in [3.05, 3.63) is 29.7 Å². The summed E-state index contributed by atoms with van der Waals surface area (Å²) in [6.45, 7) is 4.97. The minimum atomic E-state index is 0. The van der Waals surface area contributed by atoms with E-state index in [1.165, 1.54) is 0 Å². The van der Waals surface area contributed by atoms with Crippen LogP contribution < -0.4 is 4.74 Å². The van der Waals surface area contributed by atoms with Gasteiger partial charge in [-0.05, 0) is 38.3 Å². The average Bonchev–Trinajstić information content (AvgIpc) is 2.88. The van der Waals surface area contributed by atoms with E-state index in [1.807, 2.05) is 36.6 Å². The topological polar surface area (TPSA) is 63.9 Å². The van der Waals surface area contributed by atoms with Gasteiger partial charge in [0.2, 0.25) is 5.91 Å². The van der Waals surface area contributed by atoms with Crippen molar-refractivity contribution in [3.8, 4) is 5.75 Å². The van der Waals surface area contributed by atoms with E-state index in [9.17, 15) is 9.59 Å². The number of aromatic nitrogens is 2. The minimum Gasteiger partial charge on any atom is -0.490 e. The molecule has 1 atom stereocenters. The summed E-state index contributed by atoms with van der Waals surface area (Å²) in [6, 6.07) is 3.73. The maximum atomic E-state index is 12.9. The van der Waals surface area contributed by atoms with Gasteiger partial charge in [-0.2, -0.15) is 0 Å². The number of hydrogen-bond acceptors (Lipinski definition) is 4. The van der Waals surface area contributed by atoms with Gasteiger partial charge in [0, 0.05) is 32.6 Å². The maximum absolute atomic E-state index is 12.9. The third kappa shape index (κ3) is 3.79. The number of Topliss-reactive ketones (excluding diaryl/α,β-unsaturated/α-hetero) is 1. The summed E-state index contributed by atoms with van der Waals surface area (Å²) in [7, 11) is 1.80. The Labute approximate surface area is 153 Å². The lowest BCUT2D eigenvalue weighted by molar-refractivity contribution is -0.133. The second kappa shape index (κ2) is 7.87. The van der Waals surface area contributed by atoms with Crippen molar-refractivity contribution in [3.63, 3.8) is 0 Å². The number of piperidine rings is 1. The van der Waals surface area contributed by atoms with E-state index < -0.39 is 0 Å². The van der Waals surface area contributed by atoms with Gasteiger partial charge in [0.25, 0.3) is 0 Å². The van der Waals surface area contributed by atoms with Crippen LogP contribution in [0.5, 0.6) is 5.75 Å². The molecule has 3 rings (SSSR count). The van der Waals surface area contributed by atoms with Crippen LogP contribution >= 0.6 is 12.4 Å². The van der Waals surface area contributed by atoms with Crippen molar-refractivity contribution < 1.29 is 14.3 Å². The number of amides is 1. The molecule has 0 radical (unpaired) electrons. The van der Waals surface area contributed by atoms with Gasteiger partial charge in [0.05, 0.1) is 12.3 Å². The number of halogens is 1. The highest BCUT2D eigenvalue weighted by atomic mass is 35.5. The summed E-state index contributed by atoms with van der Waals surface area (Å²) < 4.78 is 7.42. The molecule has 2 aromatic heterocycles. The number of imidazole rings is 1. The number of hydrogen-bond donors (Lipinski definition) is 0. The molecule has 2 aromatic rings. The van der Waals surface area contributed by atoms with Crippen molar-refractivity contribution >= 4 is 29.7 Å². The molecule has 3 heterocycles. The quantitative estimate of drug-likeness (QED) is 0.764. The molecular formula is C18H24ClN3O3. The summed E-state index contributed by atoms with van der Waals surface area (Å²) in [4.78, 5) is 30.7. The van der Waals surface area contributed by atoms with Crippen molar-refractivity contribution in [1.29, 1.82) is 0 Å². The first-order valence-electron chi connectivity index (χ1n) is 8.39. The zero-order chi connectivity index (χ0) is 17.3. The lowest BCUT2D eigenvalue weighted by atomic mass is 9.92. The average molecular weight is 366 g/mol. The smallest absolute Gasteiger partial charge is 0.222 e. The Hall–Kier alpha value is -2.08. The molecule has 136 valence electrons. The number of pyridine rings is 1. The van der Waals surface area contributed by atoms with Crippen LogP contribution in [0.2, 0.25) is 0 Å². The molecule has 6 nitrogen and oxygen atoms in total. The van der Waals surface area contributed by atoms with Crippen molar-refractivity contribution in [2.45, 2.75) is 33.1 Å². The van der Waals surface area contributed by atoms with E-state index in [0.717, 1.165) is 6.42 Å². The monoisotopic (exact) mass is 365 g/mol. The molecule has 0 aliphatic carbocycles. The Morgan fingerprint density at radius 3 is 2.88 bits per heavy atom. The molecule has 1 unspecified atom stereocenters. The molecule has 0 bridgehead atoms. The predicted molar refractivity (Wildman–Crippen MR) is 97.7 cm³/mol. The lowest BCUT2D eigenvalue weighted by Gasteiger charge is -2.29. The number of aryl methyl sites for hydroxylation is 1. The van der Waals surface area contributed by atoms with E-state index >= 15 is 0 Å². The molecular weight excluding hydrogens is 342 g/mol. The summed E-state index contributed by atoms with van der Waals surface area (Å²) in [6.07, 6.45) is 3.58. The summed E-state index contributed by atoms with van der Waals surface area (Å²) in [5, 5.41) is 0. The molecule has 1 amide bonds. The third-order valence-electron chi connectivity index (χ3n) is 4.55. The second-order valence-corrected chi connectivity index (χ2v) is 6.35. The number of fused-ring (bicyclic) bond motifs is 1. The SMILES string of the molecule is CCOc1cccn2c(C(=O)CC3CCC(=O)N(C)C3)c(C)nc12.Cl. The van der Waals surface area contributed by atoms with Crippen molar-refractivity contribution in [2.24, 2.45) is 5.92 Å². The highest BCUT2D eigenvalue weighted by molar-refractivity contribution is 5.97. The van der Waals surface area contributed by atoms with Gasteiger partial charge >= 0.3 is 0 Å². The van der Waals surface area contributed by atoms with Gasteiger partial charge in [-0.25, -0.2) is 4.98 Å². The van der Waals surface area contributed by atoms with Crippen molar-refractivity contribution in [1.82, 2.24) is 14.3 Å². The van der Waals surface area contributed by atoms with Gasteiger partial charge in [-0.15, -0.1) is 12.4 Å². The predicted octanol–water partition coefficient (Wildman–Crippen LogP) is 2.90. The Balaban J connectivity index is 0.00000225. The molecule has 7 heteroatoms. The van der Waals surface area contributed by atoms with Crippen LogP contribution in [0.15, 0.2) is 18.3 Å². The molecule has 1 aliphatic rings. The number of nitrogens with zero attached hydrogens (tertiary/aromatic N) is 3. The fourth-order valence-electron chi connectivity index (χ4n) is 3.38. The van der Waals surface area contributed by atoms with Crippen molar-refractivity contribution in [2.75, 3.05) is 20.2 Å². The molecule has 25 heavy (non-hydrogen) atoms. The fourth-order valence-corrected chi connectivity index (χ4v) is 3.38. The van der Waals surface area contributed by atoms with Gasteiger partial charge in [-0.1, -0.05) is 0 Å². The van der Waals surface area contributed by atoms with Gasteiger partial charge in [-0.3, -0.25) is 14.0 Å². The van der Waals surface area contributed by atoms with Crippen LogP contribution in [0.25, 0.3) is 5.65 Å². The number of carbonyl (C=O) groups excluding carboxylic acids is 2. The van der Waals surface area contributed by atoms with E-state index in [0.29, 0.717) is 48.8 Å². The van der Waals surface area contributed by atoms with Gasteiger partial charge in [0.1, 0.15) is 5.69 Å². The Bertz CT molecular complexity index is 787. The van der Waals surface area contributed by atoms with Crippen LogP contribution in [0.1, 0.15) is 42.4 Å². The van der Waals surface area contributed by atoms with Crippen LogP contribution in [0, 0.1) is 12.8 Å². The summed E-state index contributed by atoms with van der Waals surface area (Å²) in [5.41, 5.74) is 2.01. The summed E-state index contributed by atoms with van der Waals surface area (Å²) >= 11 is 0. The lowest BCUT2D eigenvalue weighted by Crippen LogP contribution is -2.37. The van der Waals surface area contributed by atoms with Crippen LogP contribution in [-0.2, 0) is 4.79 Å².